The molecule has 1 N–H and O–H groups in total. The van der Waals surface area contributed by atoms with Gasteiger partial charge in [-0.05, 0) is 30.4 Å². The largest absolute Gasteiger partial charge is 0.315 e. The number of hydrogen-bond acceptors (Lipinski definition) is 2. The molecule has 0 bridgehead atoms. The Hall–Kier alpha value is -0.340. The normalized spacial score (nSPS) is 17.6. The van der Waals surface area contributed by atoms with E-state index in [0.717, 1.165) is 0 Å². The van der Waals surface area contributed by atoms with Gasteiger partial charge in [0.05, 0.1) is 0 Å². The van der Waals surface area contributed by atoms with Gasteiger partial charge >= 0.3 is 0 Å². The SMILES string of the molecule is CC.CCCC1(c2ccsc2C)CNC1. The Balaban J connectivity index is 0.000000531. The second-order valence-electron chi connectivity index (χ2n) is 4.02. The molecule has 0 saturated carbocycles. The third kappa shape index (κ3) is 2.43. The summed E-state index contributed by atoms with van der Waals surface area (Å²) in [7, 11) is 0. The van der Waals surface area contributed by atoms with Crippen molar-refractivity contribution in [2.75, 3.05) is 13.1 Å². The van der Waals surface area contributed by atoms with Gasteiger partial charge in [0.2, 0.25) is 0 Å². The number of hydrogen-bond donors (Lipinski definition) is 1. The highest BCUT2D eigenvalue weighted by Gasteiger charge is 2.38. The second-order valence-corrected chi connectivity index (χ2v) is 5.14. The van der Waals surface area contributed by atoms with Crippen LogP contribution in [0.15, 0.2) is 11.4 Å². The Labute approximate surface area is 97.9 Å². The number of aryl methyl sites for hydroxylation is 1. The molecular formula is C13H23NS. The van der Waals surface area contributed by atoms with E-state index >= 15 is 0 Å². The number of rotatable bonds is 3. The molecule has 0 spiro atoms. The van der Waals surface area contributed by atoms with Crippen molar-refractivity contribution < 1.29 is 0 Å². The average Bonchev–Trinajstić information content (AvgIpc) is 2.62. The zero-order valence-electron chi connectivity index (χ0n) is 10.4. The first kappa shape index (κ1) is 12.7. The van der Waals surface area contributed by atoms with Crippen LogP contribution in [0.25, 0.3) is 0 Å². The van der Waals surface area contributed by atoms with Crippen LogP contribution >= 0.6 is 11.3 Å². The van der Waals surface area contributed by atoms with Gasteiger partial charge < -0.3 is 5.32 Å². The minimum atomic E-state index is 0.485. The van der Waals surface area contributed by atoms with E-state index in [2.05, 4.69) is 30.6 Å². The molecule has 2 heterocycles. The van der Waals surface area contributed by atoms with Gasteiger partial charge in [0.1, 0.15) is 0 Å². The predicted molar refractivity (Wildman–Crippen MR) is 69.9 cm³/mol. The lowest BCUT2D eigenvalue weighted by Gasteiger charge is -2.43. The minimum Gasteiger partial charge on any atom is -0.315 e. The molecule has 1 saturated heterocycles. The fourth-order valence-corrected chi connectivity index (χ4v) is 3.16. The summed E-state index contributed by atoms with van der Waals surface area (Å²) in [4.78, 5) is 1.51. The first-order chi connectivity index (χ1) is 7.28. The van der Waals surface area contributed by atoms with Crippen molar-refractivity contribution in [1.29, 1.82) is 0 Å². The molecule has 2 heteroatoms. The van der Waals surface area contributed by atoms with Gasteiger partial charge in [0.25, 0.3) is 0 Å². The first-order valence-electron chi connectivity index (χ1n) is 6.04. The second kappa shape index (κ2) is 5.66. The Morgan fingerprint density at radius 3 is 2.40 bits per heavy atom. The molecule has 15 heavy (non-hydrogen) atoms. The summed E-state index contributed by atoms with van der Waals surface area (Å²) in [6.45, 7) is 10.9. The van der Waals surface area contributed by atoms with Crippen LogP contribution < -0.4 is 5.32 Å². The van der Waals surface area contributed by atoms with Crippen LogP contribution in [0, 0.1) is 6.92 Å². The lowest BCUT2D eigenvalue weighted by molar-refractivity contribution is 0.255. The highest BCUT2D eigenvalue weighted by Crippen LogP contribution is 2.37. The summed E-state index contributed by atoms with van der Waals surface area (Å²) in [6, 6.07) is 2.32. The van der Waals surface area contributed by atoms with Gasteiger partial charge in [0.15, 0.2) is 0 Å². The van der Waals surface area contributed by atoms with Crippen LogP contribution in [0.2, 0.25) is 0 Å². The van der Waals surface area contributed by atoms with Crippen molar-refractivity contribution in [3.63, 3.8) is 0 Å². The van der Waals surface area contributed by atoms with E-state index in [-0.39, 0.29) is 0 Å². The van der Waals surface area contributed by atoms with Crippen LogP contribution in [-0.2, 0) is 5.41 Å². The maximum Gasteiger partial charge on any atom is 0.0213 e. The quantitative estimate of drug-likeness (QED) is 0.826. The monoisotopic (exact) mass is 225 g/mol. The van der Waals surface area contributed by atoms with Gasteiger partial charge in [0, 0.05) is 23.4 Å². The molecule has 1 aliphatic rings. The Morgan fingerprint density at radius 1 is 1.40 bits per heavy atom. The molecule has 0 radical (unpaired) electrons. The standard InChI is InChI=1S/C11H17NS.C2H6/c1-3-5-11(7-12-8-11)10-4-6-13-9(10)2;1-2/h4,6,12H,3,5,7-8H2,1-2H3;1-2H3. The Kier molecular flexibility index (Phi) is 4.81. The molecule has 2 rings (SSSR count). The van der Waals surface area contributed by atoms with Crippen LogP contribution in [0.3, 0.4) is 0 Å². The van der Waals surface area contributed by atoms with Crippen molar-refractivity contribution in [2.24, 2.45) is 0 Å². The summed E-state index contributed by atoms with van der Waals surface area (Å²) in [5.41, 5.74) is 2.08. The molecule has 1 aromatic rings. The molecule has 0 aliphatic carbocycles. The molecule has 0 atom stereocenters. The molecule has 1 nitrogen and oxygen atoms in total. The van der Waals surface area contributed by atoms with E-state index in [4.69, 9.17) is 0 Å². The zero-order valence-corrected chi connectivity index (χ0v) is 11.2. The fraction of sp³-hybridized carbons (Fsp3) is 0.692. The molecule has 86 valence electrons. The molecule has 1 aliphatic heterocycles. The topological polar surface area (TPSA) is 12.0 Å². The number of thiophene rings is 1. The van der Waals surface area contributed by atoms with Crippen molar-refractivity contribution in [3.05, 3.63) is 21.9 Å². The predicted octanol–water partition coefficient (Wildman–Crippen LogP) is 3.72. The molecule has 0 unspecified atom stereocenters. The van der Waals surface area contributed by atoms with Gasteiger partial charge in [-0.3, -0.25) is 0 Å². The van der Waals surface area contributed by atoms with E-state index in [1.165, 1.54) is 30.8 Å². The van der Waals surface area contributed by atoms with Gasteiger partial charge in [-0.15, -0.1) is 11.3 Å². The van der Waals surface area contributed by atoms with E-state index < -0.39 is 0 Å². The molecule has 1 fully saturated rings. The Morgan fingerprint density at radius 2 is 2.07 bits per heavy atom. The summed E-state index contributed by atoms with van der Waals surface area (Å²) in [5, 5.41) is 5.63. The maximum atomic E-state index is 3.41. The van der Waals surface area contributed by atoms with E-state index in [1.807, 2.05) is 25.2 Å². The van der Waals surface area contributed by atoms with Crippen LogP contribution in [0.5, 0.6) is 0 Å². The van der Waals surface area contributed by atoms with Gasteiger partial charge in [-0.2, -0.15) is 0 Å². The highest BCUT2D eigenvalue weighted by molar-refractivity contribution is 7.10. The lowest BCUT2D eigenvalue weighted by Crippen LogP contribution is -2.56. The minimum absolute atomic E-state index is 0.485. The van der Waals surface area contributed by atoms with Crippen molar-refractivity contribution in [3.8, 4) is 0 Å². The third-order valence-corrected chi connectivity index (χ3v) is 3.93. The zero-order chi connectivity index (χ0) is 11.3. The first-order valence-corrected chi connectivity index (χ1v) is 6.92. The molecular weight excluding hydrogens is 202 g/mol. The summed E-state index contributed by atoms with van der Waals surface area (Å²) >= 11 is 1.88. The molecule has 0 aromatic carbocycles. The van der Waals surface area contributed by atoms with E-state index in [9.17, 15) is 0 Å². The number of nitrogens with one attached hydrogen (secondary N) is 1. The van der Waals surface area contributed by atoms with Crippen molar-refractivity contribution >= 4 is 11.3 Å². The highest BCUT2D eigenvalue weighted by atomic mass is 32.1. The summed E-state index contributed by atoms with van der Waals surface area (Å²) < 4.78 is 0. The molecule has 0 amide bonds. The maximum absolute atomic E-state index is 3.41. The molecule has 1 aromatic heterocycles. The fourth-order valence-electron chi connectivity index (χ4n) is 2.34. The summed E-state index contributed by atoms with van der Waals surface area (Å²) in [6.07, 6.45) is 2.62. The van der Waals surface area contributed by atoms with Crippen LogP contribution in [0.1, 0.15) is 44.1 Å². The third-order valence-electron chi connectivity index (χ3n) is 3.09. The van der Waals surface area contributed by atoms with Crippen molar-refractivity contribution in [1.82, 2.24) is 5.32 Å². The van der Waals surface area contributed by atoms with Gasteiger partial charge in [-0.25, -0.2) is 0 Å². The summed E-state index contributed by atoms with van der Waals surface area (Å²) in [5.74, 6) is 0. The van der Waals surface area contributed by atoms with E-state index in [1.54, 1.807) is 5.56 Å². The van der Waals surface area contributed by atoms with E-state index in [0.29, 0.717) is 5.41 Å². The Bertz CT molecular complexity index is 286. The van der Waals surface area contributed by atoms with Crippen LogP contribution in [0.4, 0.5) is 0 Å². The van der Waals surface area contributed by atoms with Gasteiger partial charge in [-0.1, -0.05) is 27.2 Å². The lowest BCUT2D eigenvalue weighted by atomic mass is 9.72. The van der Waals surface area contributed by atoms with Crippen LogP contribution in [-0.4, -0.2) is 13.1 Å². The van der Waals surface area contributed by atoms with Crippen molar-refractivity contribution in [2.45, 2.75) is 46.0 Å². The smallest absolute Gasteiger partial charge is 0.0213 e. The average molecular weight is 225 g/mol.